The van der Waals surface area contributed by atoms with Crippen LogP contribution < -0.4 is 5.32 Å². The highest BCUT2D eigenvalue weighted by Gasteiger charge is 2.33. The van der Waals surface area contributed by atoms with Crippen LogP contribution >= 0.6 is 23.8 Å². The molecule has 0 atom stereocenters. The number of rotatable bonds is 7. The number of thiocarbonyl (C=S) groups is 1. The maximum atomic E-state index is 12.9. The molecule has 1 N–H and O–H groups in total. The van der Waals surface area contributed by atoms with E-state index in [4.69, 9.17) is 33.0 Å². The number of hydrogen-bond donors (Lipinski definition) is 1. The SMILES string of the molecule is FC(F)(F)c1ccc(NC(=S)N(CCCN2CCOCC2)Cc2ccco2)cc1Cl. The fourth-order valence-corrected chi connectivity index (χ4v) is 3.74. The lowest BCUT2D eigenvalue weighted by Crippen LogP contribution is -2.39. The highest BCUT2D eigenvalue weighted by atomic mass is 35.5. The predicted octanol–water partition coefficient (Wildman–Crippen LogP) is 4.87. The molecule has 1 saturated heterocycles. The van der Waals surface area contributed by atoms with Crippen LogP contribution in [0.1, 0.15) is 17.7 Å². The normalized spacial score (nSPS) is 15.2. The zero-order chi connectivity index (χ0) is 21.6. The maximum Gasteiger partial charge on any atom is 0.417 e. The molecule has 0 spiro atoms. The van der Waals surface area contributed by atoms with Crippen molar-refractivity contribution in [2.24, 2.45) is 0 Å². The zero-order valence-corrected chi connectivity index (χ0v) is 17.8. The Kier molecular flexibility index (Phi) is 7.99. The van der Waals surface area contributed by atoms with Crippen LogP contribution in [-0.2, 0) is 17.5 Å². The van der Waals surface area contributed by atoms with Gasteiger partial charge in [0.15, 0.2) is 5.11 Å². The molecule has 1 aliphatic rings. The number of nitrogens with one attached hydrogen (secondary N) is 1. The van der Waals surface area contributed by atoms with Gasteiger partial charge in [0.1, 0.15) is 5.76 Å². The van der Waals surface area contributed by atoms with E-state index in [9.17, 15) is 13.2 Å². The Morgan fingerprint density at radius 1 is 1.23 bits per heavy atom. The number of alkyl halides is 3. The Balaban J connectivity index is 1.63. The van der Waals surface area contributed by atoms with Crippen molar-refractivity contribution in [3.05, 3.63) is 52.9 Å². The molecule has 164 valence electrons. The van der Waals surface area contributed by atoms with Crippen molar-refractivity contribution in [1.29, 1.82) is 0 Å². The first-order chi connectivity index (χ1) is 14.3. The molecular weight excluding hydrogens is 439 g/mol. The van der Waals surface area contributed by atoms with Gasteiger partial charge in [0.25, 0.3) is 0 Å². The second-order valence-corrected chi connectivity index (χ2v) is 7.72. The van der Waals surface area contributed by atoms with Gasteiger partial charge in [-0.15, -0.1) is 0 Å². The van der Waals surface area contributed by atoms with E-state index < -0.39 is 11.7 Å². The van der Waals surface area contributed by atoms with E-state index in [-0.39, 0.29) is 5.02 Å². The minimum atomic E-state index is -4.50. The van der Waals surface area contributed by atoms with Gasteiger partial charge in [0.05, 0.1) is 36.6 Å². The van der Waals surface area contributed by atoms with Crippen molar-refractivity contribution < 1.29 is 22.3 Å². The number of morpholine rings is 1. The van der Waals surface area contributed by atoms with Gasteiger partial charge in [-0.2, -0.15) is 13.2 Å². The molecule has 1 aromatic carbocycles. The van der Waals surface area contributed by atoms with Gasteiger partial charge in [0.2, 0.25) is 0 Å². The number of ether oxygens (including phenoxy) is 1. The minimum absolute atomic E-state index is 0.375. The number of furan rings is 1. The summed E-state index contributed by atoms with van der Waals surface area (Å²) in [5, 5.41) is 3.01. The molecule has 0 amide bonds. The van der Waals surface area contributed by atoms with Gasteiger partial charge < -0.3 is 19.4 Å². The lowest BCUT2D eigenvalue weighted by atomic mass is 10.2. The summed E-state index contributed by atoms with van der Waals surface area (Å²) in [5.41, 5.74) is -0.478. The number of benzene rings is 1. The fourth-order valence-electron chi connectivity index (χ4n) is 3.18. The monoisotopic (exact) mass is 461 g/mol. The van der Waals surface area contributed by atoms with E-state index in [0.29, 0.717) is 23.9 Å². The van der Waals surface area contributed by atoms with Crippen molar-refractivity contribution in [2.75, 3.05) is 44.7 Å². The molecule has 3 rings (SSSR count). The van der Waals surface area contributed by atoms with Crippen molar-refractivity contribution in [2.45, 2.75) is 19.1 Å². The molecule has 30 heavy (non-hydrogen) atoms. The molecule has 1 aliphatic heterocycles. The summed E-state index contributed by atoms with van der Waals surface area (Å²) in [4.78, 5) is 4.26. The van der Waals surface area contributed by atoms with Crippen LogP contribution in [0, 0.1) is 0 Å². The molecule has 0 unspecified atom stereocenters. The number of hydrogen-bond acceptors (Lipinski definition) is 4. The van der Waals surface area contributed by atoms with Crippen LogP contribution in [0.5, 0.6) is 0 Å². The topological polar surface area (TPSA) is 40.9 Å². The highest BCUT2D eigenvalue weighted by molar-refractivity contribution is 7.80. The Bertz CT molecular complexity index is 827. The van der Waals surface area contributed by atoms with Crippen LogP contribution in [0.25, 0.3) is 0 Å². The van der Waals surface area contributed by atoms with Crippen LogP contribution in [0.15, 0.2) is 41.0 Å². The summed E-state index contributed by atoms with van der Waals surface area (Å²) in [7, 11) is 0. The Morgan fingerprint density at radius 3 is 2.63 bits per heavy atom. The molecule has 2 heterocycles. The van der Waals surface area contributed by atoms with Gasteiger partial charge in [0, 0.05) is 31.9 Å². The first kappa shape index (κ1) is 22.9. The lowest BCUT2D eigenvalue weighted by molar-refractivity contribution is -0.137. The van der Waals surface area contributed by atoms with E-state index >= 15 is 0 Å². The van der Waals surface area contributed by atoms with Crippen LogP contribution in [0.2, 0.25) is 5.02 Å². The predicted molar refractivity (Wildman–Crippen MR) is 114 cm³/mol. The average molecular weight is 462 g/mol. The quantitative estimate of drug-likeness (QED) is 0.593. The Hall–Kier alpha value is -1.81. The van der Waals surface area contributed by atoms with E-state index in [2.05, 4.69) is 10.2 Å². The van der Waals surface area contributed by atoms with Gasteiger partial charge in [-0.05, 0) is 49.0 Å². The summed E-state index contributed by atoms with van der Waals surface area (Å²) in [6, 6.07) is 7.15. The molecule has 5 nitrogen and oxygen atoms in total. The Morgan fingerprint density at radius 2 is 2.00 bits per heavy atom. The largest absolute Gasteiger partial charge is 0.467 e. The average Bonchev–Trinajstić information content (AvgIpc) is 3.20. The summed E-state index contributed by atoms with van der Waals surface area (Å²) >= 11 is 11.3. The number of halogens is 4. The molecule has 10 heteroatoms. The summed E-state index contributed by atoms with van der Waals surface area (Å²) in [6.07, 6.45) is -2.04. The molecular formula is C20H23ClF3N3O2S. The molecule has 0 radical (unpaired) electrons. The number of anilines is 1. The van der Waals surface area contributed by atoms with Crippen molar-refractivity contribution >= 4 is 34.6 Å². The van der Waals surface area contributed by atoms with E-state index in [1.165, 1.54) is 12.1 Å². The molecule has 1 fully saturated rings. The summed E-state index contributed by atoms with van der Waals surface area (Å²) < 4.78 is 49.5. The van der Waals surface area contributed by atoms with E-state index in [0.717, 1.165) is 51.1 Å². The minimum Gasteiger partial charge on any atom is -0.467 e. The van der Waals surface area contributed by atoms with Crippen LogP contribution in [0.4, 0.5) is 18.9 Å². The van der Waals surface area contributed by atoms with Crippen molar-refractivity contribution in [3.63, 3.8) is 0 Å². The third-order valence-corrected chi connectivity index (χ3v) is 5.42. The highest BCUT2D eigenvalue weighted by Crippen LogP contribution is 2.35. The van der Waals surface area contributed by atoms with Gasteiger partial charge in [-0.3, -0.25) is 4.90 Å². The van der Waals surface area contributed by atoms with Crippen molar-refractivity contribution in [3.8, 4) is 0 Å². The lowest BCUT2D eigenvalue weighted by Gasteiger charge is -2.29. The summed E-state index contributed by atoms with van der Waals surface area (Å²) in [5.74, 6) is 0.746. The van der Waals surface area contributed by atoms with Crippen LogP contribution in [-0.4, -0.2) is 54.3 Å². The zero-order valence-electron chi connectivity index (χ0n) is 16.3. The maximum absolute atomic E-state index is 12.9. The molecule has 2 aromatic rings. The smallest absolute Gasteiger partial charge is 0.417 e. The van der Waals surface area contributed by atoms with E-state index in [1.54, 1.807) is 12.3 Å². The second-order valence-electron chi connectivity index (χ2n) is 6.93. The molecule has 0 saturated carbocycles. The fraction of sp³-hybridized carbons (Fsp3) is 0.450. The van der Waals surface area contributed by atoms with E-state index in [1.807, 2.05) is 11.0 Å². The molecule has 0 bridgehead atoms. The molecule has 0 aliphatic carbocycles. The van der Waals surface area contributed by atoms with Gasteiger partial charge in [-0.1, -0.05) is 11.6 Å². The van der Waals surface area contributed by atoms with Crippen molar-refractivity contribution in [1.82, 2.24) is 9.80 Å². The van der Waals surface area contributed by atoms with Gasteiger partial charge >= 0.3 is 6.18 Å². The molecule has 1 aromatic heterocycles. The summed E-state index contributed by atoms with van der Waals surface area (Å²) in [6.45, 7) is 5.33. The Labute approximate surface area is 183 Å². The standard InChI is InChI=1S/C20H23ClF3N3O2S/c21-18-13-15(4-5-17(18)20(22,23)24)25-19(30)27(14-16-3-1-10-29-16)7-2-6-26-8-11-28-12-9-26/h1,3-5,10,13H,2,6-9,11-12,14H2,(H,25,30). The number of nitrogens with zero attached hydrogens (tertiary/aromatic N) is 2. The first-order valence-electron chi connectivity index (χ1n) is 9.58. The third kappa shape index (κ3) is 6.60. The second kappa shape index (κ2) is 10.5. The first-order valence-corrected chi connectivity index (χ1v) is 10.4. The van der Waals surface area contributed by atoms with Crippen LogP contribution in [0.3, 0.4) is 0 Å². The van der Waals surface area contributed by atoms with Gasteiger partial charge in [-0.25, -0.2) is 0 Å². The third-order valence-electron chi connectivity index (χ3n) is 4.75.